The molecule has 0 atom stereocenters. The van der Waals surface area contributed by atoms with E-state index in [4.69, 9.17) is 5.11 Å². The SMILES string of the molecule is O=C(CSCC(F)(F)F)NCc1ccccc1CO. The molecule has 0 bridgehead atoms. The first-order valence-electron chi connectivity index (χ1n) is 5.51. The average Bonchev–Trinajstić information content (AvgIpc) is 2.35. The van der Waals surface area contributed by atoms with Crippen LogP contribution in [0.5, 0.6) is 0 Å². The van der Waals surface area contributed by atoms with Crippen molar-refractivity contribution in [3.05, 3.63) is 35.4 Å². The van der Waals surface area contributed by atoms with Crippen molar-refractivity contribution in [1.29, 1.82) is 0 Å². The highest BCUT2D eigenvalue weighted by Crippen LogP contribution is 2.20. The molecule has 0 fully saturated rings. The van der Waals surface area contributed by atoms with E-state index in [0.29, 0.717) is 17.3 Å². The number of halogens is 3. The van der Waals surface area contributed by atoms with E-state index in [1.807, 2.05) is 0 Å². The Bertz CT molecular complexity index is 424. The Morgan fingerprint density at radius 1 is 1.26 bits per heavy atom. The second-order valence-corrected chi connectivity index (χ2v) is 4.80. The highest BCUT2D eigenvalue weighted by atomic mass is 32.2. The van der Waals surface area contributed by atoms with E-state index in [-0.39, 0.29) is 18.9 Å². The summed E-state index contributed by atoms with van der Waals surface area (Å²) < 4.78 is 35.6. The number of hydrogen-bond acceptors (Lipinski definition) is 3. The average molecular weight is 293 g/mol. The molecule has 0 heterocycles. The van der Waals surface area contributed by atoms with Crippen molar-refractivity contribution in [2.45, 2.75) is 19.3 Å². The predicted molar refractivity (Wildman–Crippen MR) is 67.6 cm³/mol. The highest BCUT2D eigenvalue weighted by Gasteiger charge is 2.27. The van der Waals surface area contributed by atoms with Gasteiger partial charge in [0.15, 0.2) is 0 Å². The Labute approximate surface area is 113 Å². The van der Waals surface area contributed by atoms with Gasteiger partial charge in [0.1, 0.15) is 0 Å². The van der Waals surface area contributed by atoms with Gasteiger partial charge in [-0.3, -0.25) is 4.79 Å². The van der Waals surface area contributed by atoms with Crippen LogP contribution in [0.25, 0.3) is 0 Å². The Morgan fingerprint density at radius 2 is 1.89 bits per heavy atom. The third-order valence-electron chi connectivity index (χ3n) is 2.26. The molecule has 0 unspecified atom stereocenters. The molecule has 19 heavy (non-hydrogen) atoms. The van der Waals surface area contributed by atoms with Crippen molar-refractivity contribution < 1.29 is 23.1 Å². The lowest BCUT2D eigenvalue weighted by Crippen LogP contribution is -2.26. The number of carbonyl (C=O) groups is 1. The van der Waals surface area contributed by atoms with E-state index in [1.165, 1.54) is 0 Å². The molecular formula is C12H14F3NO2S. The first kappa shape index (κ1) is 15.8. The van der Waals surface area contributed by atoms with Gasteiger partial charge in [0.25, 0.3) is 0 Å². The zero-order valence-corrected chi connectivity index (χ0v) is 10.9. The fraction of sp³-hybridized carbons (Fsp3) is 0.417. The monoisotopic (exact) mass is 293 g/mol. The van der Waals surface area contributed by atoms with Gasteiger partial charge in [-0.25, -0.2) is 0 Å². The minimum absolute atomic E-state index is 0.144. The van der Waals surface area contributed by atoms with Crippen LogP contribution in [0.2, 0.25) is 0 Å². The number of nitrogens with one attached hydrogen (secondary N) is 1. The van der Waals surface area contributed by atoms with Gasteiger partial charge in [0.05, 0.1) is 18.1 Å². The summed E-state index contributed by atoms with van der Waals surface area (Å²) in [4.78, 5) is 11.3. The molecule has 1 rings (SSSR count). The second kappa shape index (κ2) is 7.40. The van der Waals surface area contributed by atoms with Gasteiger partial charge in [0, 0.05) is 6.54 Å². The summed E-state index contributed by atoms with van der Waals surface area (Å²) in [5, 5.41) is 11.6. The van der Waals surface area contributed by atoms with Crippen LogP contribution in [0.15, 0.2) is 24.3 Å². The molecule has 0 aliphatic carbocycles. The van der Waals surface area contributed by atoms with E-state index >= 15 is 0 Å². The molecule has 0 spiro atoms. The molecule has 2 N–H and O–H groups in total. The van der Waals surface area contributed by atoms with E-state index < -0.39 is 17.8 Å². The molecular weight excluding hydrogens is 279 g/mol. The van der Waals surface area contributed by atoms with Crippen molar-refractivity contribution in [2.24, 2.45) is 0 Å². The lowest BCUT2D eigenvalue weighted by atomic mass is 10.1. The maximum atomic E-state index is 11.9. The molecule has 0 aliphatic rings. The molecule has 0 radical (unpaired) electrons. The van der Waals surface area contributed by atoms with Gasteiger partial charge < -0.3 is 10.4 Å². The quantitative estimate of drug-likeness (QED) is 0.844. The normalized spacial score (nSPS) is 11.4. The van der Waals surface area contributed by atoms with Crippen LogP contribution in [0.1, 0.15) is 11.1 Å². The summed E-state index contributed by atoms with van der Waals surface area (Å²) in [7, 11) is 0. The Kier molecular flexibility index (Phi) is 6.17. The Hall–Kier alpha value is -1.21. The van der Waals surface area contributed by atoms with Crippen LogP contribution in [0, 0.1) is 0 Å². The van der Waals surface area contributed by atoms with Crippen LogP contribution < -0.4 is 5.32 Å². The summed E-state index contributed by atoms with van der Waals surface area (Å²) in [5.74, 6) is -1.73. The van der Waals surface area contributed by atoms with Crippen LogP contribution >= 0.6 is 11.8 Å². The maximum absolute atomic E-state index is 11.9. The molecule has 7 heteroatoms. The van der Waals surface area contributed by atoms with Crippen molar-refractivity contribution in [2.75, 3.05) is 11.5 Å². The second-order valence-electron chi connectivity index (χ2n) is 3.81. The highest BCUT2D eigenvalue weighted by molar-refractivity contribution is 8.00. The number of aliphatic hydroxyl groups is 1. The van der Waals surface area contributed by atoms with Gasteiger partial charge in [-0.05, 0) is 11.1 Å². The van der Waals surface area contributed by atoms with E-state index in [9.17, 15) is 18.0 Å². The number of benzene rings is 1. The number of rotatable bonds is 6. The zero-order valence-electron chi connectivity index (χ0n) is 10.0. The van der Waals surface area contributed by atoms with Crippen LogP contribution in [-0.2, 0) is 17.9 Å². The predicted octanol–water partition coefficient (Wildman–Crippen LogP) is 2.09. The smallest absolute Gasteiger partial charge is 0.392 e. The van der Waals surface area contributed by atoms with Gasteiger partial charge in [-0.2, -0.15) is 13.2 Å². The van der Waals surface area contributed by atoms with Crippen molar-refractivity contribution in [1.82, 2.24) is 5.32 Å². The number of amides is 1. The standard InChI is InChI=1S/C12H14F3NO2S/c13-12(14,15)8-19-7-11(18)16-5-9-3-1-2-4-10(9)6-17/h1-4,17H,5-8H2,(H,16,18). The third kappa shape index (κ3) is 6.49. The number of aliphatic hydroxyl groups excluding tert-OH is 1. The zero-order chi connectivity index (χ0) is 14.3. The first-order valence-corrected chi connectivity index (χ1v) is 6.66. The lowest BCUT2D eigenvalue weighted by Gasteiger charge is -2.09. The van der Waals surface area contributed by atoms with Gasteiger partial charge in [-0.15, -0.1) is 11.8 Å². The van der Waals surface area contributed by atoms with E-state index in [1.54, 1.807) is 24.3 Å². The molecule has 0 saturated heterocycles. The molecule has 106 valence electrons. The number of hydrogen-bond donors (Lipinski definition) is 2. The molecule has 1 aromatic carbocycles. The van der Waals surface area contributed by atoms with Crippen LogP contribution in [0.3, 0.4) is 0 Å². The van der Waals surface area contributed by atoms with Crippen LogP contribution in [0.4, 0.5) is 13.2 Å². The van der Waals surface area contributed by atoms with Gasteiger partial charge >= 0.3 is 6.18 Å². The number of thioether (sulfide) groups is 1. The fourth-order valence-electron chi connectivity index (χ4n) is 1.39. The summed E-state index contributed by atoms with van der Waals surface area (Å²) in [6.07, 6.45) is -4.26. The fourth-order valence-corrected chi connectivity index (χ4v) is 2.01. The molecule has 0 aromatic heterocycles. The minimum Gasteiger partial charge on any atom is -0.392 e. The molecule has 1 aromatic rings. The van der Waals surface area contributed by atoms with Crippen LogP contribution in [-0.4, -0.2) is 28.7 Å². The minimum atomic E-state index is -4.26. The topological polar surface area (TPSA) is 49.3 Å². The molecule has 0 saturated carbocycles. The van der Waals surface area contributed by atoms with E-state index in [0.717, 1.165) is 5.56 Å². The third-order valence-corrected chi connectivity index (χ3v) is 3.26. The van der Waals surface area contributed by atoms with Gasteiger partial charge in [-0.1, -0.05) is 24.3 Å². The van der Waals surface area contributed by atoms with Crippen molar-refractivity contribution in [3.8, 4) is 0 Å². The van der Waals surface area contributed by atoms with Gasteiger partial charge in [0.2, 0.25) is 5.91 Å². The Morgan fingerprint density at radius 3 is 2.47 bits per heavy atom. The maximum Gasteiger partial charge on any atom is 0.397 e. The summed E-state index contributed by atoms with van der Waals surface area (Å²) >= 11 is 0.527. The molecule has 1 amide bonds. The Balaban J connectivity index is 2.34. The summed E-state index contributed by atoms with van der Waals surface area (Å²) in [6, 6.07) is 6.99. The largest absolute Gasteiger partial charge is 0.397 e. The number of carbonyl (C=O) groups excluding carboxylic acids is 1. The lowest BCUT2D eigenvalue weighted by molar-refractivity contribution is -0.118. The van der Waals surface area contributed by atoms with Crippen molar-refractivity contribution >= 4 is 17.7 Å². The molecule has 3 nitrogen and oxygen atoms in total. The summed E-state index contributed by atoms with van der Waals surface area (Å²) in [5.41, 5.74) is 1.44. The number of alkyl halides is 3. The first-order chi connectivity index (χ1) is 8.92. The van der Waals surface area contributed by atoms with Crippen molar-refractivity contribution in [3.63, 3.8) is 0 Å². The summed E-state index contributed by atoms with van der Waals surface area (Å²) in [6.45, 7) is 0.0526. The van der Waals surface area contributed by atoms with E-state index in [2.05, 4.69) is 5.32 Å². The molecule has 0 aliphatic heterocycles.